The van der Waals surface area contributed by atoms with Crippen molar-refractivity contribution in [3.63, 3.8) is 0 Å². The average molecular weight is 502 g/mol. The van der Waals surface area contributed by atoms with Crippen LogP contribution in [0.3, 0.4) is 0 Å². The Morgan fingerprint density at radius 2 is 1.70 bits per heavy atom. The van der Waals surface area contributed by atoms with Gasteiger partial charge in [-0.05, 0) is 61.1 Å². The second-order valence-electron chi connectivity index (χ2n) is 9.61. The third-order valence-electron chi connectivity index (χ3n) is 6.54. The van der Waals surface area contributed by atoms with Crippen LogP contribution in [-0.4, -0.2) is 28.6 Å². The predicted octanol–water partition coefficient (Wildman–Crippen LogP) is 6.91. The van der Waals surface area contributed by atoms with Gasteiger partial charge in [0, 0.05) is 19.5 Å². The number of ether oxygens (including phenoxy) is 1. The highest BCUT2D eigenvalue weighted by Crippen LogP contribution is 2.26. The molecule has 3 aromatic carbocycles. The Morgan fingerprint density at radius 3 is 2.54 bits per heavy atom. The van der Waals surface area contributed by atoms with Gasteiger partial charge in [-0.1, -0.05) is 62.7 Å². The minimum atomic E-state index is -0.492. The predicted molar refractivity (Wildman–Crippen MR) is 147 cm³/mol. The van der Waals surface area contributed by atoms with E-state index in [0.29, 0.717) is 19.1 Å². The van der Waals surface area contributed by atoms with E-state index in [2.05, 4.69) is 54.1 Å². The lowest BCUT2D eigenvalue weighted by Gasteiger charge is -2.14. The van der Waals surface area contributed by atoms with Gasteiger partial charge in [0.1, 0.15) is 17.4 Å². The van der Waals surface area contributed by atoms with Gasteiger partial charge in [-0.15, -0.1) is 0 Å². The minimum Gasteiger partial charge on any atom is -0.493 e. The van der Waals surface area contributed by atoms with Gasteiger partial charge in [0.15, 0.2) is 0 Å². The quantitative estimate of drug-likeness (QED) is 0.203. The number of hydrogen-bond donors (Lipinski definition) is 1. The van der Waals surface area contributed by atoms with Gasteiger partial charge in [-0.2, -0.15) is 0 Å². The summed E-state index contributed by atoms with van der Waals surface area (Å²) in [6.45, 7) is 6.39. The fourth-order valence-corrected chi connectivity index (χ4v) is 4.59. The maximum absolute atomic E-state index is 13.8. The van der Waals surface area contributed by atoms with Crippen LogP contribution in [-0.2, 0) is 13.0 Å². The fraction of sp³-hybridized carbons (Fsp3) is 0.355. The molecule has 0 fully saturated rings. The lowest BCUT2D eigenvalue weighted by Crippen LogP contribution is -2.25. The Morgan fingerprint density at radius 1 is 0.946 bits per heavy atom. The number of aromatic nitrogens is 2. The van der Waals surface area contributed by atoms with E-state index >= 15 is 0 Å². The van der Waals surface area contributed by atoms with Crippen LogP contribution in [0.25, 0.3) is 11.0 Å². The Labute approximate surface area is 218 Å². The van der Waals surface area contributed by atoms with Gasteiger partial charge in [0.2, 0.25) is 0 Å². The van der Waals surface area contributed by atoms with Crippen LogP contribution >= 0.6 is 0 Å². The zero-order valence-corrected chi connectivity index (χ0v) is 21.8. The molecule has 0 aliphatic carbocycles. The van der Waals surface area contributed by atoms with E-state index in [1.54, 1.807) is 12.1 Å². The number of para-hydroxylation sites is 3. The monoisotopic (exact) mass is 501 g/mol. The zero-order valence-electron chi connectivity index (χ0n) is 21.8. The molecule has 0 atom stereocenters. The number of imidazole rings is 1. The number of rotatable bonds is 13. The summed E-state index contributed by atoms with van der Waals surface area (Å²) in [6, 6.07) is 22.6. The molecule has 0 spiro atoms. The molecule has 0 aliphatic rings. The van der Waals surface area contributed by atoms with Crippen molar-refractivity contribution in [1.29, 1.82) is 0 Å². The summed E-state index contributed by atoms with van der Waals surface area (Å²) in [4.78, 5) is 17.0. The van der Waals surface area contributed by atoms with Crippen LogP contribution < -0.4 is 10.1 Å². The van der Waals surface area contributed by atoms with E-state index in [9.17, 15) is 9.18 Å². The first-order chi connectivity index (χ1) is 18.0. The highest BCUT2D eigenvalue weighted by atomic mass is 19.1. The summed E-state index contributed by atoms with van der Waals surface area (Å²) in [5, 5.41) is 2.82. The molecule has 4 rings (SSSR count). The van der Waals surface area contributed by atoms with Crippen LogP contribution in [0.2, 0.25) is 0 Å². The molecular weight excluding hydrogens is 465 g/mol. The Hall–Kier alpha value is -3.67. The van der Waals surface area contributed by atoms with Crippen LogP contribution in [0.15, 0.2) is 72.8 Å². The van der Waals surface area contributed by atoms with Crippen molar-refractivity contribution in [2.24, 2.45) is 0 Å². The number of amides is 1. The second kappa shape index (κ2) is 13.0. The summed E-state index contributed by atoms with van der Waals surface area (Å²) in [6.07, 6.45) is 4.52. The molecule has 0 saturated heterocycles. The Balaban J connectivity index is 1.27. The number of hydrogen-bond acceptors (Lipinski definition) is 3. The number of halogens is 1. The molecule has 5 nitrogen and oxygen atoms in total. The van der Waals surface area contributed by atoms with Crippen molar-refractivity contribution in [2.45, 2.75) is 58.4 Å². The lowest BCUT2D eigenvalue weighted by molar-refractivity contribution is 0.0949. The molecular formula is C31H36FN3O2. The summed E-state index contributed by atoms with van der Waals surface area (Å²) >= 11 is 0. The molecule has 1 amide bonds. The molecule has 0 unspecified atom stereocenters. The smallest absolute Gasteiger partial charge is 0.254 e. The molecule has 1 N–H and O–H groups in total. The molecule has 37 heavy (non-hydrogen) atoms. The molecule has 0 aliphatic heterocycles. The van der Waals surface area contributed by atoms with Gasteiger partial charge in [0.05, 0.1) is 23.2 Å². The SMILES string of the molecule is CC(C)c1ccccc1OCCCn1c(CCCCCNC(=O)c2ccccc2F)nc2ccccc21. The van der Waals surface area contributed by atoms with Crippen molar-refractivity contribution in [2.75, 3.05) is 13.2 Å². The maximum Gasteiger partial charge on any atom is 0.254 e. The number of nitrogens with one attached hydrogen (secondary N) is 1. The summed E-state index contributed by atoms with van der Waals surface area (Å²) < 4.78 is 22.2. The molecule has 0 radical (unpaired) electrons. The zero-order chi connectivity index (χ0) is 26.0. The standard InChI is InChI=1S/C31H36FN3O2/c1-23(2)24-13-6-10-18-29(24)37-22-12-21-35-28-17-9-8-16-27(28)34-30(35)19-4-3-11-20-33-31(36)25-14-5-7-15-26(25)32/h5-10,13-18,23H,3-4,11-12,19-22H2,1-2H3,(H,33,36). The fourth-order valence-electron chi connectivity index (χ4n) is 4.59. The van der Waals surface area contributed by atoms with Crippen LogP contribution in [0.5, 0.6) is 5.75 Å². The van der Waals surface area contributed by atoms with Gasteiger partial charge in [-0.25, -0.2) is 9.37 Å². The normalized spacial score (nSPS) is 11.2. The molecule has 194 valence electrons. The van der Waals surface area contributed by atoms with E-state index in [0.717, 1.165) is 61.3 Å². The van der Waals surface area contributed by atoms with Crippen molar-refractivity contribution in [3.8, 4) is 5.75 Å². The van der Waals surface area contributed by atoms with Crippen LogP contribution in [0.1, 0.15) is 67.2 Å². The first kappa shape index (κ1) is 26.4. The second-order valence-corrected chi connectivity index (χ2v) is 9.61. The summed E-state index contributed by atoms with van der Waals surface area (Å²) in [5.41, 5.74) is 3.49. The number of aryl methyl sites for hydroxylation is 2. The number of carbonyl (C=O) groups excluding carboxylic acids is 1. The first-order valence-electron chi connectivity index (χ1n) is 13.2. The number of benzene rings is 3. The van der Waals surface area contributed by atoms with Gasteiger partial charge in [-0.3, -0.25) is 4.79 Å². The third kappa shape index (κ3) is 6.97. The van der Waals surface area contributed by atoms with Crippen molar-refractivity contribution < 1.29 is 13.9 Å². The van der Waals surface area contributed by atoms with Gasteiger partial charge in [0.25, 0.3) is 5.91 Å². The Bertz CT molecular complexity index is 1310. The third-order valence-corrected chi connectivity index (χ3v) is 6.54. The van der Waals surface area contributed by atoms with E-state index in [-0.39, 0.29) is 11.5 Å². The number of nitrogens with zero attached hydrogens (tertiary/aromatic N) is 2. The highest BCUT2D eigenvalue weighted by Gasteiger charge is 2.12. The van der Waals surface area contributed by atoms with Gasteiger partial charge < -0.3 is 14.6 Å². The van der Waals surface area contributed by atoms with Crippen molar-refractivity contribution in [3.05, 3.63) is 95.6 Å². The number of unbranched alkanes of at least 4 members (excludes halogenated alkanes) is 2. The molecule has 0 saturated carbocycles. The maximum atomic E-state index is 13.8. The highest BCUT2D eigenvalue weighted by molar-refractivity contribution is 5.94. The largest absolute Gasteiger partial charge is 0.493 e. The van der Waals surface area contributed by atoms with E-state index in [4.69, 9.17) is 9.72 Å². The molecule has 0 bridgehead atoms. The number of fused-ring (bicyclic) bond motifs is 1. The molecule has 1 heterocycles. The summed E-state index contributed by atoms with van der Waals surface area (Å²) in [5.74, 6) is 1.62. The topological polar surface area (TPSA) is 56.1 Å². The van der Waals surface area contributed by atoms with E-state index in [1.807, 2.05) is 18.2 Å². The van der Waals surface area contributed by atoms with E-state index < -0.39 is 5.82 Å². The molecule has 6 heteroatoms. The molecule has 1 aromatic heterocycles. The van der Waals surface area contributed by atoms with Crippen molar-refractivity contribution in [1.82, 2.24) is 14.9 Å². The average Bonchev–Trinajstić information content (AvgIpc) is 3.26. The van der Waals surface area contributed by atoms with Crippen LogP contribution in [0.4, 0.5) is 4.39 Å². The number of carbonyl (C=O) groups is 1. The molecule has 4 aromatic rings. The van der Waals surface area contributed by atoms with Gasteiger partial charge >= 0.3 is 0 Å². The first-order valence-corrected chi connectivity index (χ1v) is 13.2. The van der Waals surface area contributed by atoms with Crippen LogP contribution in [0, 0.1) is 5.82 Å². The van der Waals surface area contributed by atoms with E-state index in [1.165, 1.54) is 17.7 Å². The lowest BCUT2D eigenvalue weighted by atomic mass is 10.0. The Kier molecular flexibility index (Phi) is 9.30. The van der Waals surface area contributed by atoms with Crippen molar-refractivity contribution >= 4 is 16.9 Å². The minimum absolute atomic E-state index is 0.0906. The summed E-state index contributed by atoms with van der Waals surface area (Å²) in [7, 11) is 0.